The highest BCUT2D eigenvalue weighted by Crippen LogP contribution is 2.43. The maximum absolute atomic E-state index is 13.5. The Balaban J connectivity index is 1.31. The minimum atomic E-state index is -4.51. The maximum atomic E-state index is 13.5. The van der Waals surface area contributed by atoms with E-state index in [2.05, 4.69) is 24.9 Å². The van der Waals surface area contributed by atoms with Gasteiger partial charge >= 0.3 is 18.4 Å². The Hall–Kier alpha value is -4.88. The lowest BCUT2D eigenvalue weighted by Crippen LogP contribution is -2.25. The van der Waals surface area contributed by atoms with Crippen LogP contribution in [0.5, 0.6) is 17.2 Å². The zero-order valence-electron chi connectivity index (χ0n) is 23.1. The summed E-state index contributed by atoms with van der Waals surface area (Å²) in [6.45, 7) is 0.509. The summed E-state index contributed by atoms with van der Waals surface area (Å²) in [5.41, 5.74) is 2.40. The zero-order chi connectivity index (χ0) is 31.2. The third-order valence-electron chi connectivity index (χ3n) is 7.33. The minimum absolute atomic E-state index is 0.0742. The number of hydrogen-bond donors (Lipinski definition) is 2. The van der Waals surface area contributed by atoms with Gasteiger partial charge in [0.25, 0.3) is 0 Å². The van der Waals surface area contributed by atoms with Gasteiger partial charge in [-0.15, -0.1) is 8.78 Å². The molecule has 2 atom stereocenters. The number of halogens is 5. The highest BCUT2D eigenvalue weighted by molar-refractivity contribution is 5.87. The van der Waals surface area contributed by atoms with E-state index in [4.69, 9.17) is 4.74 Å². The topological polar surface area (TPSA) is 108 Å². The molecule has 0 unspecified atom stereocenters. The van der Waals surface area contributed by atoms with Crippen LogP contribution in [0, 0.1) is 0 Å². The lowest BCUT2D eigenvalue weighted by molar-refractivity contribution is -0.286. The van der Waals surface area contributed by atoms with Crippen LogP contribution in [0.25, 0.3) is 11.3 Å². The molecule has 0 spiro atoms. The molecule has 2 aromatic heterocycles. The molecule has 2 aliphatic rings. The first-order chi connectivity index (χ1) is 20.8. The van der Waals surface area contributed by atoms with Crippen LogP contribution in [0.3, 0.4) is 0 Å². The Bertz CT molecular complexity index is 1710. The van der Waals surface area contributed by atoms with Gasteiger partial charge in [-0.3, -0.25) is 4.68 Å². The second kappa shape index (κ2) is 11.0. The van der Waals surface area contributed by atoms with Crippen molar-refractivity contribution in [2.75, 3.05) is 5.32 Å². The number of rotatable bonds is 8. The first kappa shape index (κ1) is 29.2. The van der Waals surface area contributed by atoms with Crippen molar-refractivity contribution in [3.8, 4) is 28.5 Å². The SMILES string of the molecule is C[C@H](Nc1cc(-c2nn(CC(F)(F)F)c3c2[C@@H](Oc2ccc(C(=O)O)cc2)CCC3)ccn1)c1ccc2c(c1)OC(F)(F)O2. The van der Waals surface area contributed by atoms with E-state index in [9.17, 15) is 31.9 Å². The molecule has 1 aliphatic carbocycles. The van der Waals surface area contributed by atoms with Crippen molar-refractivity contribution in [2.24, 2.45) is 0 Å². The molecular weight excluding hydrogens is 591 g/mol. The average molecular weight is 617 g/mol. The number of alkyl halides is 5. The van der Waals surface area contributed by atoms with E-state index in [0.717, 1.165) is 4.68 Å². The molecule has 0 bridgehead atoms. The zero-order valence-corrected chi connectivity index (χ0v) is 23.1. The van der Waals surface area contributed by atoms with E-state index in [0.29, 0.717) is 58.9 Å². The van der Waals surface area contributed by atoms with Crippen molar-refractivity contribution < 1.29 is 46.1 Å². The smallest absolute Gasteiger partial charge is 0.486 e. The van der Waals surface area contributed by atoms with Crippen molar-refractivity contribution in [2.45, 2.75) is 57.3 Å². The minimum Gasteiger partial charge on any atom is -0.486 e. The Morgan fingerprint density at radius 2 is 1.89 bits per heavy atom. The summed E-state index contributed by atoms with van der Waals surface area (Å²) in [6, 6.07) is 13.0. The molecule has 0 saturated carbocycles. The average Bonchev–Trinajstić information content (AvgIpc) is 3.48. The molecule has 3 heterocycles. The normalized spacial score (nSPS) is 17.5. The standard InChI is InChI=1S/C30H25F5N4O5/c1-16(18-7-10-22-24(13-18)44-30(34,35)43-22)37-25-14-19(11-12-36-25)27-26-21(39(38-27)15-29(31,32)33)3-2-4-23(26)42-20-8-5-17(6-9-20)28(40)41/h5-14,16,23H,2-4,15H2,1H3,(H,36,37)(H,40,41)/t16-,23-/m0/s1. The fourth-order valence-corrected chi connectivity index (χ4v) is 5.38. The van der Waals surface area contributed by atoms with Gasteiger partial charge in [0.1, 0.15) is 24.2 Å². The molecule has 0 saturated heterocycles. The van der Waals surface area contributed by atoms with Crippen LogP contribution in [-0.2, 0) is 13.0 Å². The van der Waals surface area contributed by atoms with Crippen molar-refractivity contribution in [1.82, 2.24) is 14.8 Å². The van der Waals surface area contributed by atoms with Crippen LogP contribution in [-0.4, -0.2) is 38.3 Å². The summed E-state index contributed by atoms with van der Waals surface area (Å²) in [5.74, 6) is -0.540. The number of ether oxygens (including phenoxy) is 3. The molecule has 2 N–H and O–H groups in total. The summed E-state index contributed by atoms with van der Waals surface area (Å²) in [4.78, 5) is 15.6. The number of pyridine rings is 1. The Morgan fingerprint density at radius 1 is 1.14 bits per heavy atom. The number of nitrogens with one attached hydrogen (secondary N) is 1. The van der Waals surface area contributed by atoms with Gasteiger partial charge in [-0.2, -0.15) is 18.3 Å². The number of hydrogen-bond acceptors (Lipinski definition) is 7. The summed E-state index contributed by atoms with van der Waals surface area (Å²) in [6.07, 6.45) is -5.96. The van der Waals surface area contributed by atoms with Gasteiger partial charge in [0.2, 0.25) is 0 Å². The summed E-state index contributed by atoms with van der Waals surface area (Å²) >= 11 is 0. The second-order valence-corrected chi connectivity index (χ2v) is 10.5. The highest BCUT2D eigenvalue weighted by atomic mass is 19.4. The summed E-state index contributed by atoms with van der Waals surface area (Å²) in [7, 11) is 0. The third-order valence-corrected chi connectivity index (χ3v) is 7.33. The predicted octanol–water partition coefficient (Wildman–Crippen LogP) is 7.16. The Kier molecular flexibility index (Phi) is 7.30. The van der Waals surface area contributed by atoms with E-state index in [-0.39, 0.29) is 17.1 Å². The van der Waals surface area contributed by atoms with E-state index in [1.807, 2.05) is 0 Å². The Morgan fingerprint density at radius 3 is 2.61 bits per heavy atom. The van der Waals surface area contributed by atoms with E-state index < -0.39 is 37.1 Å². The van der Waals surface area contributed by atoms with Gasteiger partial charge in [0.15, 0.2) is 11.5 Å². The first-order valence-corrected chi connectivity index (χ1v) is 13.6. The highest BCUT2D eigenvalue weighted by Gasteiger charge is 2.43. The van der Waals surface area contributed by atoms with Crippen LogP contribution >= 0.6 is 0 Å². The molecule has 0 fully saturated rings. The third kappa shape index (κ3) is 6.10. The lowest BCUT2D eigenvalue weighted by Gasteiger charge is -2.25. The monoisotopic (exact) mass is 616 g/mol. The van der Waals surface area contributed by atoms with Crippen LogP contribution in [0.15, 0.2) is 60.8 Å². The number of aromatic carboxylic acids is 1. The number of carboxylic acid groups (broad SMARTS) is 1. The predicted molar refractivity (Wildman–Crippen MR) is 146 cm³/mol. The number of carboxylic acids is 1. The van der Waals surface area contributed by atoms with Crippen LogP contribution < -0.4 is 19.5 Å². The lowest BCUT2D eigenvalue weighted by atomic mass is 9.91. The molecule has 9 nitrogen and oxygen atoms in total. The quantitative estimate of drug-likeness (QED) is 0.201. The van der Waals surface area contributed by atoms with E-state index >= 15 is 0 Å². The van der Waals surface area contributed by atoms with Crippen LogP contribution in [0.4, 0.5) is 27.8 Å². The molecular formula is C30H25F5N4O5. The van der Waals surface area contributed by atoms with Crippen LogP contribution in [0.1, 0.15) is 59.1 Å². The number of nitrogens with zero attached hydrogens (tertiary/aromatic N) is 3. The molecule has 230 valence electrons. The van der Waals surface area contributed by atoms with Crippen molar-refractivity contribution in [3.05, 3.63) is 83.2 Å². The van der Waals surface area contributed by atoms with E-state index in [1.165, 1.54) is 42.6 Å². The number of carbonyl (C=O) groups is 1. The van der Waals surface area contributed by atoms with Gasteiger partial charge in [-0.05, 0) is 80.3 Å². The van der Waals surface area contributed by atoms with Gasteiger partial charge in [0.05, 0.1) is 17.3 Å². The number of fused-ring (bicyclic) bond motifs is 2. The number of aromatic nitrogens is 3. The molecule has 1 aliphatic heterocycles. The van der Waals surface area contributed by atoms with E-state index in [1.54, 1.807) is 25.1 Å². The molecule has 14 heteroatoms. The Labute approximate surface area is 247 Å². The summed E-state index contributed by atoms with van der Waals surface area (Å²) in [5, 5.41) is 16.8. The second-order valence-electron chi connectivity index (χ2n) is 10.5. The van der Waals surface area contributed by atoms with Crippen molar-refractivity contribution in [3.63, 3.8) is 0 Å². The van der Waals surface area contributed by atoms with Gasteiger partial charge in [0, 0.05) is 23.0 Å². The molecule has 6 rings (SSSR count). The van der Waals surface area contributed by atoms with Crippen molar-refractivity contribution >= 4 is 11.8 Å². The largest absolute Gasteiger partial charge is 0.586 e. The van der Waals surface area contributed by atoms with Crippen molar-refractivity contribution in [1.29, 1.82) is 0 Å². The molecule has 4 aromatic rings. The van der Waals surface area contributed by atoms with Gasteiger partial charge in [-0.25, -0.2) is 9.78 Å². The molecule has 44 heavy (non-hydrogen) atoms. The fourth-order valence-electron chi connectivity index (χ4n) is 5.38. The van der Waals surface area contributed by atoms with Crippen LogP contribution in [0.2, 0.25) is 0 Å². The van der Waals surface area contributed by atoms with Gasteiger partial charge in [-0.1, -0.05) is 6.07 Å². The maximum Gasteiger partial charge on any atom is 0.586 e. The molecule has 0 amide bonds. The first-order valence-electron chi connectivity index (χ1n) is 13.6. The summed E-state index contributed by atoms with van der Waals surface area (Å²) < 4.78 is 83.7. The molecule has 0 radical (unpaired) electrons. The number of anilines is 1. The fraction of sp³-hybridized carbons (Fsp3) is 0.300. The van der Waals surface area contributed by atoms with Gasteiger partial charge < -0.3 is 24.6 Å². The molecule has 2 aromatic carbocycles. The number of benzene rings is 2.